The number of fused-ring (bicyclic) bond motifs is 1. The molecule has 0 bridgehead atoms. The van der Waals surface area contributed by atoms with Gasteiger partial charge in [0.15, 0.2) is 5.82 Å². The van der Waals surface area contributed by atoms with E-state index in [0.717, 1.165) is 22.3 Å². The number of thiophene rings is 1. The molecular formula is C20H21N5S. The summed E-state index contributed by atoms with van der Waals surface area (Å²) in [5.74, 6) is 1.13. The fourth-order valence-corrected chi connectivity index (χ4v) is 4.49. The van der Waals surface area contributed by atoms with Gasteiger partial charge in [-0.3, -0.25) is 4.90 Å². The Balaban J connectivity index is 1.63. The van der Waals surface area contributed by atoms with Gasteiger partial charge < -0.3 is 5.73 Å². The van der Waals surface area contributed by atoms with Gasteiger partial charge in [0, 0.05) is 17.0 Å². The average molecular weight is 363 g/mol. The lowest BCUT2D eigenvalue weighted by atomic mass is 10.1. The van der Waals surface area contributed by atoms with E-state index in [1.165, 1.54) is 43.6 Å². The van der Waals surface area contributed by atoms with E-state index in [2.05, 4.69) is 22.0 Å². The van der Waals surface area contributed by atoms with Gasteiger partial charge in [-0.15, -0.1) is 11.3 Å². The van der Waals surface area contributed by atoms with Crippen LogP contribution in [0.1, 0.15) is 36.1 Å². The molecule has 1 aromatic carbocycles. The van der Waals surface area contributed by atoms with Crippen LogP contribution in [-0.2, 0) is 6.54 Å². The van der Waals surface area contributed by atoms with Crippen molar-refractivity contribution in [2.75, 3.05) is 18.8 Å². The van der Waals surface area contributed by atoms with Gasteiger partial charge in [0.25, 0.3) is 0 Å². The lowest BCUT2D eigenvalue weighted by Crippen LogP contribution is -2.23. The Bertz CT molecular complexity index is 947. The van der Waals surface area contributed by atoms with Crippen LogP contribution in [0.25, 0.3) is 21.6 Å². The summed E-state index contributed by atoms with van der Waals surface area (Å²) < 4.78 is 0. The number of anilines is 1. The molecule has 0 amide bonds. The quantitative estimate of drug-likeness (QED) is 0.755. The number of nitriles is 1. The lowest BCUT2D eigenvalue weighted by molar-refractivity contribution is 0.279. The van der Waals surface area contributed by atoms with Crippen LogP contribution in [0.15, 0.2) is 30.3 Å². The Morgan fingerprint density at radius 3 is 2.50 bits per heavy atom. The van der Waals surface area contributed by atoms with E-state index in [-0.39, 0.29) is 0 Å². The normalized spacial score (nSPS) is 15.7. The molecule has 1 saturated heterocycles. The molecule has 2 N–H and O–H groups in total. The van der Waals surface area contributed by atoms with Gasteiger partial charge in [-0.25, -0.2) is 9.97 Å². The first-order chi connectivity index (χ1) is 12.7. The number of nitrogens with zero attached hydrogens (tertiary/aromatic N) is 4. The Morgan fingerprint density at radius 2 is 1.81 bits per heavy atom. The molecule has 0 spiro atoms. The summed E-state index contributed by atoms with van der Waals surface area (Å²) in [6.07, 6.45) is 5.26. The second-order valence-electron chi connectivity index (χ2n) is 6.74. The van der Waals surface area contributed by atoms with Gasteiger partial charge >= 0.3 is 0 Å². The molecule has 132 valence electrons. The van der Waals surface area contributed by atoms with Crippen molar-refractivity contribution in [3.8, 4) is 17.5 Å². The highest BCUT2D eigenvalue weighted by Crippen LogP contribution is 2.31. The van der Waals surface area contributed by atoms with Gasteiger partial charge in [-0.05, 0) is 56.3 Å². The SMILES string of the molecule is N#Cc1ccc(-c2nc(N)c3cc(CN4CCCCCC4)sc3n2)cc1. The van der Waals surface area contributed by atoms with Crippen molar-refractivity contribution in [2.45, 2.75) is 32.2 Å². The first kappa shape index (κ1) is 17.0. The van der Waals surface area contributed by atoms with Crippen molar-refractivity contribution in [3.63, 3.8) is 0 Å². The van der Waals surface area contributed by atoms with Gasteiger partial charge in [-0.2, -0.15) is 5.26 Å². The molecule has 0 atom stereocenters. The van der Waals surface area contributed by atoms with Crippen LogP contribution in [0.5, 0.6) is 0 Å². The molecule has 0 radical (unpaired) electrons. The molecule has 0 aliphatic carbocycles. The highest BCUT2D eigenvalue weighted by molar-refractivity contribution is 7.18. The molecule has 1 aliphatic rings. The highest BCUT2D eigenvalue weighted by atomic mass is 32.1. The van der Waals surface area contributed by atoms with Crippen molar-refractivity contribution >= 4 is 27.4 Å². The summed E-state index contributed by atoms with van der Waals surface area (Å²) in [7, 11) is 0. The molecule has 4 rings (SSSR count). The van der Waals surface area contributed by atoms with Gasteiger partial charge in [0.2, 0.25) is 0 Å². The number of hydrogen-bond donors (Lipinski definition) is 1. The zero-order valence-corrected chi connectivity index (χ0v) is 15.4. The molecule has 1 aliphatic heterocycles. The third-order valence-corrected chi connectivity index (χ3v) is 5.84. The Labute approximate surface area is 157 Å². The molecule has 26 heavy (non-hydrogen) atoms. The Morgan fingerprint density at radius 1 is 1.08 bits per heavy atom. The minimum Gasteiger partial charge on any atom is -0.383 e. The number of rotatable bonds is 3. The van der Waals surface area contributed by atoms with Crippen LogP contribution >= 0.6 is 11.3 Å². The molecule has 3 aromatic rings. The fraction of sp³-hybridized carbons (Fsp3) is 0.350. The molecule has 5 nitrogen and oxygen atoms in total. The first-order valence-electron chi connectivity index (χ1n) is 9.02. The maximum absolute atomic E-state index is 8.94. The number of nitrogen functional groups attached to an aromatic ring is 1. The Hall–Kier alpha value is -2.49. The molecule has 0 saturated carbocycles. The summed E-state index contributed by atoms with van der Waals surface area (Å²) >= 11 is 1.70. The minimum atomic E-state index is 0.521. The van der Waals surface area contributed by atoms with Gasteiger partial charge in [0.05, 0.1) is 17.0 Å². The van der Waals surface area contributed by atoms with Crippen LogP contribution in [-0.4, -0.2) is 28.0 Å². The van der Waals surface area contributed by atoms with E-state index in [4.69, 9.17) is 16.0 Å². The summed E-state index contributed by atoms with van der Waals surface area (Å²) in [6.45, 7) is 3.31. The third kappa shape index (κ3) is 3.55. The zero-order chi connectivity index (χ0) is 17.9. The number of hydrogen-bond acceptors (Lipinski definition) is 6. The van der Waals surface area contributed by atoms with Crippen molar-refractivity contribution < 1.29 is 0 Å². The maximum atomic E-state index is 8.94. The smallest absolute Gasteiger partial charge is 0.163 e. The summed E-state index contributed by atoms with van der Waals surface area (Å²) in [5.41, 5.74) is 7.71. The van der Waals surface area contributed by atoms with Crippen LogP contribution in [0, 0.1) is 11.3 Å². The van der Waals surface area contributed by atoms with Gasteiger partial charge in [-0.1, -0.05) is 12.8 Å². The Kier molecular flexibility index (Phi) is 4.83. The second kappa shape index (κ2) is 7.40. The van der Waals surface area contributed by atoms with E-state index < -0.39 is 0 Å². The standard InChI is InChI=1S/C20H21N5S/c21-12-14-5-7-15(8-6-14)19-23-18(22)17-11-16(26-20(17)24-19)13-25-9-3-1-2-4-10-25/h5-8,11H,1-4,9-10,13H2,(H2,22,23,24). The van der Waals surface area contributed by atoms with Crippen molar-refractivity contribution in [2.24, 2.45) is 0 Å². The fourth-order valence-electron chi connectivity index (χ4n) is 3.41. The highest BCUT2D eigenvalue weighted by Gasteiger charge is 2.14. The number of likely N-dealkylation sites (tertiary alicyclic amines) is 1. The molecule has 2 aromatic heterocycles. The predicted octanol–water partition coefficient (Wildman–Crippen LogP) is 4.19. The number of benzene rings is 1. The van der Waals surface area contributed by atoms with E-state index >= 15 is 0 Å². The molecule has 6 heteroatoms. The molecule has 1 fully saturated rings. The zero-order valence-electron chi connectivity index (χ0n) is 14.6. The largest absolute Gasteiger partial charge is 0.383 e. The van der Waals surface area contributed by atoms with Crippen molar-refractivity contribution in [1.82, 2.24) is 14.9 Å². The molecule has 0 unspecified atom stereocenters. The second-order valence-corrected chi connectivity index (χ2v) is 7.86. The predicted molar refractivity (Wildman–Crippen MR) is 106 cm³/mol. The third-order valence-electron chi connectivity index (χ3n) is 4.82. The molecular weight excluding hydrogens is 342 g/mol. The maximum Gasteiger partial charge on any atom is 0.163 e. The van der Waals surface area contributed by atoms with Crippen molar-refractivity contribution in [3.05, 3.63) is 40.8 Å². The monoisotopic (exact) mass is 363 g/mol. The van der Waals surface area contributed by atoms with Gasteiger partial charge in [0.1, 0.15) is 10.6 Å². The van der Waals surface area contributed by atoms with E-state index in [1.54, 1.807) is 23.5 Å². The van der Waals surface area contributed by atoms with Crippen LogP contribution in [0.4, 0.5) is 5.82 Å². The molecule has 3 heterocycles. The van der Waals surface area contributed by atoms with E-state index in [0.29, 0.717) is 17.2 Å². The summed E-state index contributed by atoms with van der Waals surface area (Å²) in [5, 5.41) is 9.88. The number of aromatic nitrogens is 2. The summed E-state index contributed by atoms with van der Waals surface area (Å²) in [6, 6.07) is 11.6. The number of nitrogens with two attached hydrogens (primary N) is 1. The van der Waals surface area contributed by atoms with Crippen LogP contribution < -0.4 is 5.73 Å². The van der Waals surface area contributed by atoms with E-state index in [9.17, 15) is 0 Å². The first-order valence-corrected chi connectivity index (χ1v) is 9.83. The van der Waals surface area contributed by atoms with Crippen LogP contribution in [0.3, 0.4) is 0 Å². The summed E-state index contributed by atoms with van der Waals surface area (Å²) in [4.78, 5) is 14.0. The minimum absolute atomic E-state index is 0.521. The van der Waals surface area contributed by atoms with Crippen molar-refractivity contribution in [1.29, 1.82) is 5.26 Å². The van der Waals surface area contributed by atoms with E-state index in [1.807, 2.05) is 12.1 Å². The van der Waals surface area contributed by atoms with Crippen LogP contribution in [0.2, 0.25) is 0 Å². The average Bonchev–Trinajstić information content (AvgIpc) is 2.89. The topological polar surface area (TPSA) is 78.8 Å². The lowest BCUT2D eigenvalue weighted by Gasteiger charge is -2.18.